The summed E-state index contributed by atoms with van der Waals surface area (Å²) in [6, 6.07) is 18.3. The van der Waals surface area contributed by atoms with Crippen LogP contribution in [0.1, 0.15) is 35.4 Å². The largest absolute Gasteiger partial charge is 0.389 e. The maximum absolute atomic E-state index is 9.80. The Kier molecular flexibility index (Phi) is 4.77. The zero-order valence-corrected chi connectivity index (χ0v) is 15.7. The number of aliphatic hydroxyl groups is 1. The van der Waals surface area contributed by atoms with E-state index in [4.69, 9.17) is 4.98 Å². The summed E-state index contributed by atoms with van der Waals surface area (Å²) in [5.41, 5.74) is 5.50. The van der Waals surface area contributed by atoms with E-state index in [0.29, 0.717) is 5.95 Å². The lowest BCUT2D eigenvalue weighted by atomic mass is 9.96. The number of benzene rings is 2. The summed E-state index contributed by atoms with van der Waals surface area (Å²) in [7, 11) is 0. The molecule has 27 heavy (non-hydrogen) atoms. The minimum atomic E-state index is -0.426. The van der Waals surface area contributed by atoms with Gasteiger partial charge in [0.1, 0.15) is 5.82 Å². The van der Waals surface area contributed by atoms with Crippen LogP contribution in [-0.2, 0) is 13.0 Å². The van der Waals surface area contributed by atoms with Crippen molar-refractivity contribution in [3.05, 3.63) is 77.0 Å². The second kappa shape index (κ2) is 7.37. The smallest absolute Gasteiger partial charge is 0.229 e. The summed E-state index contributed by atoms with van der Waals surface area (Å²) >= 11 is 0. The molecule has 0 spiro atoms. The third kappa shape index (κ3) is 3.93. The Hall–Kier alpha value is -2.92. The van der Waals surface area contributed by atoms with Crippen LogP contribution in [0.25, 0.3) is 0 Å². The van der Waals surface area contributed by atoms with Crippen LogP contribution in [0, 0.1) is 6.92 Å². The molecule has 0 unspecified atom stereocenters. The molecule has 1 aliphatic rings. The normalized spacial score (nSPS) is 14.6. The molecular formula is C22H24N4O. The molecule has 0 radical (unpaired) electrons. The van der Waals surface area contributed by atoms with E-state index in [1.807, 2.05) is 56.3 Å². The molecule has 2 N–H and O–H groups in total. The van der Waals surface area contributed by atoms with Crippen molar-refractivity contribution in [3.8, 4) is 0 Å². The average Bonchev–Trinajstić information content (AvgIpc) is 2.67. The first-order valence-electron chi connectivity index (χ1n) is 9.31. The number of nitrogens with zero attached hydrogens (tertiary/aromatic N) is 3. The predicted molar refractivity (Wildman–Crippen MR) is 108 cm³/mol. The quantitative estimate of drug-likeness (QED) is 0.732. The standard InChI is InChI=1S/C22H24N4O/c1-15-12-21(25-22(23-15)24-20-6-4-3-5-7-20)26-11-10-18-13-17(16(2)27)8-9-19(18)14-26/h3-9,12-13,16,27H,10-11,14H2,1-2H3,(H,23,24,25)/t16-/m1/s1. The molecular weight excluding hydrogens is 336 g/mol. The predicted octanol–water partition coefficient (Wildman–Crippen LogP) is 4.14. The zero-order valence-electron chi connectivity index (χ0n) is 15.7. The van der Waals surface area contributed by atoms with Gasteiger partial charge in [0.25, 0.3) is 0 Å². The van der Waals surface area contributed by atoms with Gasteiger partial charge in [-0.1, -0.05) is 36.4 Å². The highest BCUT2D eigenvalue weighted by Gasteiger charge is 2.19. The van der Waals surface area contributed by atoms with E-state index in [1.165, 1.54) is 11.1 Å². The molecule has 0 saturated heterocycles. The molecule has 4 rings (SSSR count). The molecule has 2 aromatic carbocycles. The highest BCUT2D eigenvalue weighted by atomic mass is 16.3. The third-order valence-electron chi connectivity index (χ3n) is 4.92. The second-order valence-electron chi connectivity index (χ2n) is 7.06. The molecule has 0 amide bonds. The fraction of sp³-hybridized carbons (Fsp3) is 0.273. The number of hydrogen-bond donors (Lipinski definition) is 2. The van der Waals surface area contributed by atoms with Gasteiger partial charge in [0.05, 0.1) is 6.10 Å². The number of para-hydroxylation sites is 1. The van der Waals surface area contributed by atoms with Gasteiger partial charge in [-0.05, 0) is 49.1 Å². The van der Waals surface area contributed by atoms with Crippen LogP contribution < -0.4 is 10.2 Å². The first-order chi connectivity index (χ1) is 13.1. The highest BCUT2D eigenvalue weighted by molar-refractivity contribution is 5.56. The summed E-state index contributed by atoms with van der Waals surface area (Å²) in [5, 5.41) is 13.1. The molecule has 1 atom stereocenters. The van der Waals surface area contributed by atoms with Crippen LogP contribution in [0.4, 0.5) is 17.5 Å². The number of aliphatic hydroxyl groups excluding tert-OH is 1. The summed E-state index contributed by atoms with van der Waals surface area (Å²) in [6.45, 7) is 5.52. The van der Waals surface area contributed by atoms with Crippen LogP contribution in [0.3, 0.4) is 0 Å². The van der Waals surface area contributed by atoms with E-state index in [0.717, 1.165) is 42.3 Å². The number of aryl methyl sites for hydroxylation is 1. The number of aromatic nitrogens is 2. The zero-order chi connectivity index (χ0) is 18.8. The fourth-order valence-electron chi connectivity index (χ4n) is 3.45. The maximum atomic E-state index is 9.80. The molecule has 0 saturated carbocycles. The van der Waals surface area contributed by atoms with Crippen molar-refractivity contribution in [2.45, 2.75) is 32.9 Å². The SMILES string of the molecule is Cc1cc(N2CCc3cc([C@@H](C)O)ccc3C2)nc(Nc2ccccc2)n1. The Bertz CT molecular complexity index is 940. The average molecular weight is 360 g/mol. The minimum Gasteiger partial charge on any atom is -0.389 e. The van der Waals surface area contributed by atoms with E-state index in [1.54, 1.807) is 0 Å². The van der Waals surface area contributed by atoms with Gasteiger partial charge in [-0.3, -0.25) is 0 Å². The summed E-state index contributed by atoms with van der Waals surface area (Å²) in [4.78, 5) is 11.5. The first-order valence-corrected chi connectivity index (χ1v) is 9.31. The van der Waals surface area contributed by atoms with E-state index in [-0.39, 0.29) is 0 Å². The van der Waals surface area contributed by atoms with Gasteiger partial charge in [0.15, 0.2) is 0 Å². The van der Waals surface area contributed by atoms with Crippen LogP contribution in [-0.4, -0.2) is 21.6 Å². The monoisotopic (exact) mass is 360 g/mol. The second-order valence-corrected chi connectivity index (χ2v) is 7.06. The van der Waals surface area contributed by atoms with Gasteiger partial charge >= 0.3 is 0 Å². The lowest BCUT2D eigenvalue weighted by Crippen LogP contribution is -2.31. The molecule has 0 fully saturated rings. The number of nitrogens with one attached hydrogen (secondary N) is 1. The van der Waals surface area contributed by atoms with Crippen LogP contribution >= 0.6 is 0 Å². The molecule has 0 aliphatic carbocycles. The van der Waals surface area contributed by atoms with Crippen molar-refractivity contribution in [1.29, 1.82) is 0 Å². The Labute approximate surface area is 159 Å². The van der Waals surface area contributed by atoms with Crippen molar-refractivity contribution in [2.75, 3.05) is 16.8 Å². The van der Waals surface area contributed by atoms with Gasteiger partial charge in [-0.25, -0.2) is 4.98 Å². The molecule has 3 aromatic rings. The highest BCUT2D eigenvalue weighted by Crippen LogP contribution is 2.27. The maximum Gasteiger partial charge on any atom is 0.229 e. The van der Waals surface area contributed by atoms with Gasteiger partial charge in [-0.15, -0.1) is 0 Å². The van der Waals surface area contributed by atoms with Crippen LogP contribution in [0.2, 0.25) is 0 Å². The minimum absolute atomic E-state index is 0.426. The van der Waals surface area contributed by atoms with Crippen molar-refractivity contribution in [2.24, 2.45) is 0 Å². The van der Waals surface area contributed by atoms with Gasteiger partial charge in [0.2, 0.25) is 5.95 Å². The Morgan fingerprint density at radius 1 is 1.04 bits per heavy atom. The van der Waals surface area contributed by atoms with E-state index >= 15 is 0 Å². The summed E-state index contributed by atoms with van der Waals surface area (Å²) < 4.78 is 0. The molecule has 2 heterocycles. The van der Waals surface area contributed by atoms with Crippen molar-refractivity contribution >= 4 is 17.5 Å². The van der Waals surface area contributed by atoms with Crippen LogP contribution in [0.15, 0.2) is 54.6 Å². The molecule has 5 heteroatoms. The first kappa shape index (κ1) is 17.5. The number of anilines is 3. The van der Waals surface area contributed by atoms with E-state index in [2.05, 4.69) is 27.3 Å². The number of rotatable bonds is 4. The fourth-order valence-corrected chi connectivity index (χ4v) is 3.45. The molecule has 5 nitrogen and oxygen atoms in total. The van der Waals surface area contributed by atoms with Crippen molar-refractivity contribution in [1.82, 2.24) is 9.97 Å². The summed E-state index contributed by atoms with van der Waals surface area (Å²) in [5.74, 6) is 1.55. The van der Waals surface area contributed by atoms with E-state index < -0.39 is 6.10 Å². The number of hydrogen-bond acceptors (Lipinski definition) is 5. The van der Waals surface area contributed by atoms with E-state index in [9.17, 15) is 5.11 Å². The lowest BCUT2D eigenvalue weighted by molar-refractivity contribution is 0.199. The van der Waals surface area contributed by atoms with Crippen molar-refractivity contribution in [3.63, 3.8) is 0 Å². The Morgan fingerprint density at radius 3 is 2.63 bits per heavy atom. The molecule has 1 aliphatic heterocycles. The Morgan fingerprint density at radius 2 is 1.85 bits per heavy atom. The van der Waals surface area contributed by atoms with Gasteiger partial charge < -0.3 is 15.3 Å². The van der Waals surface area contributed by atoms with Gasteiger partial charge in [0, 0.05) is 30.5 Å². The van der Waals surface area contributed by atoms with Gasteiger partial charge in [-0.2, -0.15) is 4.98 Å². The number of fused-ring (bicyclic) bond motifs is 1. The van der Waals surface area contributed by atoms with Crippen molar-refractivity contribution < 1.29 is 5.11 Å². The lowest BCUT2D eigenvalue weighted by Gasteiger charge is -2.30. The topological polar surface area (TPSA) is 61.3 Å². The molecule has 1 aromatic heterocycles. The molecule has 0 bridgehead atoms. The summed E-state index contributed by atoms with van der Waals surface area (Å²) in [6.07, 6.45) is 0.518. The van der Waals surface area contributed by atoms with Crippen LogP contribution in [0.5, 0.6) is 0 Å². The Balaban J connectivity index is 1.57. The third-order valence-corrected chi connectivity index (χ3v) is 4.92. The molecule has 138 valence electrons.